The van der Waals surface area contributed by atoms with E-state index in [0.29, 0.717) is 5.92 Å². The van der Waals surface area contributed by atoms with Crippen molar-refractivity contribution in [2.24, 2.45) is 5.92 Å². The highest BCUT2D eigenvalue weighted by molar-refractivity contribution is 5.75. The summed E-state index contributed by atoms with van der Waals surface area (Å²) in [5, 5.41) is 3.22. The van der Waals surface area contributed by atoms with E-state index in [1.165, 1.54) is 6.42 Å². The Kier molecular flexibility index (Phi) is 5.40. The van der Waals surface area contributed by atoms with E-state index in [9.17, 15) is 4.79 Å². The van der Waals surface area contributed by atoms with Gasteiger partial charge in [0.15, 0.2) is 0 Å². The van der Waals surface area contributed by atoms with E-state index in [4.69, 9.17) is 9.47 Å². The standard InChI is InChI=1S/C13H25NO3/c1-10(12(15)17-13(2,3)4)14-8-11-6-5-7-16-9-11/h10-11,14H,5-9H2,1-4H3. The van der Waals surface area contributed by atoms with Crippen molar-refractivity contribution in [1.29, 1.82) is 0 Å². The van der Waals surface area contributed by atoms with Crippen LogP contribution in [0.2, 0.25) is 0 Å². The smallest absolute Gasteiger partial charge is 0.323 e. The van der Waals surface area contributed by atoms with Crippen molar-refractivity contribution >= 4 is 5.97 Å². The molecule has 2 atom stereocenters. The van der Waals surface area contributed by atoms with E-state index >= 15 is 0 Å². The van der Waals surface area contributed by atoms with Crippen LogP contribution in [-0.4, -0.2) is 37.4 Å². The Balaban J connectivity index is 2.23. The molecule has 17 heavy (non-hydrogen) atoms. The number of esters is 1. The van der Waals surface area contributed by atoms with E-state index in [-0.39, 0.29) is 12.0 Å². The van der Waals surface area contributed by atoms with Gasteiger partial charge < -0.3 is 14.8 Å². The van der Waals surface area contributed by atoms with Gasteiger partial charge in [-0.25, -0.2) is 0 Å². The molecule has 0 aromatic carbocycles. The Morgan fingerprint density at radius 2 is 2.24 bits per heavy atom. The monoisotopic (exact) mass is 243 g/mol. The highest BCUT2D eigenvalue weighted by Crippen LogP contribution is 2.13. The summed E-state index contributed by atoms with van der Waals surface area (Å²) in [4.78, 5) is 11.7. The Morgan fingerprint density at radius 3 is 2.76 bits per heavy atom. The van der Waals surface area contributed by atoms with Gasteiger partial charge in [0.2, 0.25) is 0 Å². The number of hydrogen-bond donors (Lipinski definition) is 1. The molecule has 0 saturated carbocycles. The first kappa shape index (κ1) is 14.5. The van der Waals surface area contributed by atoms with Crippen LogP contribution in [0.15, 0.2) is 0 Å². The molecular formula is C13H25NO3. The lowest BCUT2D eigenvalue weighted by Crippen LogP contribution is -2.42. The van der Waals surface area contributed by atoms with Gasteiger partial charge in [0.1, 0.15) is 11.6 Å². The molecule has 1 heterocycles. The molecule has 0 aromatic rings. The third kappa shape index (κ3) is 6.03. The number of carbonyl (C=O) groups is 1. The molecule has 0 radical (unpaired) electrons. The molecule has 0 spiro atoms. The van der Waals surface area contributed by atoms with Crippen LogP contribution in [0.1, 0.15) is 40.5 Å². The molecule has 1 fully saturated rings. The predicted octanol–water partition coefficient (Wildman–Crippen LogP) is 1.73. The maximum Gasteiger partial charge on any atom is 0.323 e. The molecule has 0 aromatic heterocycles. The van der Waals surface area contributed by atoms with Crippen molar-refractivity contribution in [3.8, 4) is 0 Å². The van der Waals surface area contributed by atoms with E-state index in [0.717, 1.165) is 26.2 Å². The molecule has 1 saturated heterocycles. The van der Waals surface area contributed by atoms with Crippen molar-refractivity contribution < 1.29 is 14.3 Å². The fraction of sp³-hybridized carbons (Fsp3) is 0.923. The maximum absolute atomic E-state index is 11.7. The van der Waals surface area contributed by atoms with Crippen molar-refractivity contribution in [2.75, 3.05) is 19.8 Å². The van der Waals surface area contributed by atoms with Crippen LogP contribution in [-0.2, 0) is 14.3 Å². The second-order valence-corrected chi connectivity index (χ2v) is 5.75. The normalized spacial score (nSPS) is 23.2. The van der Waals surface area contributed by atoms with E-state index in [1.807, 2.05) is 27.7 Å². The fourth-order valence-electron chi connectivity index (χ4n) is 1.79. The third-order valence-electron chi connectivity index (χ3n) is 2.73. The quantitative estimate of drug-likeness (QED) is 0.764. The molecule has 0 aliphatic carbocycles. The molecule has 0 amide bonds. The first-order valence-electron chi connectivity index (χ1n) is 6.42. The van der Waals surface area contributed by atoms with E-state index in [1.54, 1.807) is 0 Å². The van der Waals surface area contributed by atoms with Crippen LogP contribution < -0.4 is 5.32 Å². The van der Waals surface area contributed by atoms with Gasteiger partial charge in [-0.2, -0.15) is 0 Å². The van der Waals surface area contributed by atoms with Crippen LogP contribution in [0.4, 0.5) is 0 Å². The average Bonchev–Trinajstić information content (AvgIpc) is 2.25. The zero-order chi connectivity index (χ0) is 12.9. The van der Waals surface area contributed by atoms with Crippen molar-refractivity contribution in [3.63, 3.8) is 0 Å². The molecular weight excluding hydrogens is 218 g/mol. The molecule has 1 rings (SSSR count). The van der Waals surface area contributed by atoms with E-state index < -0.39 is 5.60 Å². The Hall–Kier alpha value is -0.610. The first-order valence-corrected chi connectivity index (χ1v) is 6.42. The minimum Gasteiger partial charge on any atom is -0.459 e. The zero-order valence-corrected chi connectivity index (χ0v) is 11.4. The van der Waals surface area contributed by atoms with Crippen LogP contribution in [0.3, 0.4) is 0 Å². The van der Waals surface area contributed by atoms with E-state index in [2.05, 4.69) is 5.32 Å². The minimum absolute atomic E-state index is 0.186. The third-order valence-corrected chi connectivity index (χ3v) is 2.73. The van der Waals surface area contributed by atoms with Crippen LogP contribution in [0, 0.1) is 5.92 Å². The molecule has 100 valence electrons. The summed E-state index contributed by atoms with van der Waals surface area (Å²) in [5.74, 6) is 0.336. The zero-order valence-electron chi connectivity index (χ0n) is 11.4. The van der Waals surface area contributed by atoms with Crippen molar-refractivity contribution in [2.45, 2.75) is 52.2 Å². The number of carbonyl (C=O) groups excluding carboxylic acids is 1. The molecule has 2 unspecified atom stereocenters. The molecule has 4 heteroatoms. The van der Waals surface area contributed by atoms with Gasteiger partial charge in [-0.05, 0) is 46.5 Å². The van der Waals surface area contributed by atoms with Gasteiger partial charge in [0, 0.05) is 13.2 Å². The molecule has 0 bridgehead atoms. The summed E-state index contributed by atoms with van der Waals surface area (Å²) in [5.41, 5.74) is -0.416. The molecule has 1 aliphatic heterocycles. The fourth-order valence-corrected chi connectivity index (χ4v) is 1.79. The van der Waals surface area contributed by atoms with Gasteiger partial charge in [-0.3, -0.25) is 4.79 Å². The van der Waals surface area contributed by atoms with Gasteiger partial charge in [-0.15, -0.1) is 0 Å². The average molecular weight is 243 g/mol. The lowest BCUT2D eigenvalue weighted by molar-refractivity contribution is -0.157. The lowest BCUT2D eigenvalue weighted by Gasteiger charge is -2.26. The van der Waals surface area contributed by atoms with Gasteiger partial charge in [0.05, 0.1) is 6.61 Å². The summed E-state index contributed by atoms with van der Waals surface area (Å²) in [6.07, 6.45) is 2.29. The number of rotatable bonds is 4. The van der Waals surface area contributed by atoms with Crippen LogP contribution in [0.5, 0.6) is 0 Å². The highest BCUT2D eigenvalue weighted by atomic mass is 16.6. The summed E-state index contributed by atoms with van der Waals surface area (Å²) >= 11 is 0. The Labute approximate surface area is 104 Å². The number of nitrogens with one attached hydrogen (secondary N) is 1. The molecule has 1 N–H and O–H groups in total. The SMILES string of the molecule is CC(NCC1CCCOC1)C(=O)OC(C)(C)C. The second kappa shape index (κ2) is 6.36. The second-order valence-electron chi connectivity index (χ2n) is 5.75. The predicted molar refractivity (Wildman–Crippen MR) is 66.9 cm³/mol. The highest BCUT2D eigenvalue weighted by Gasteiger charge is 2.22. The number of ether oxygens (including phenoxy) is 2. The topological polar surface area (TPSA) is 47.6 Å². The van der Waals surface area contributed by atoms with Gasteiger partial charge in [0.25, 0.3) is 0 Å². The summed E-state index contributed by atoms with van der Waals surface area (Å²) in [7, 11) is 0. The number of hydrogen-bond acceptors (Lipinski definition) is 4. The van der Waals surface area contributed by atoms with Crippen molar-refractivity contribution in [1.82, 2.24) is 5.32 Å². The Bertz CT molecular complexity index is 242. The van der Waals surface area contributed by atoms with Crippen LogP contribution in [0.25, 0.3) is 0 Å². The minimum atomic E-state index is -0.416. The van der Waals surface area contributed by atoms with Crippen molar-refractivity contribution in [3.05, 3.63) is 0 Å². The Morgan fingerprint density at radius 1 is 1.53 bits per heavy atom. The largest absolute Gasteiger partial charge is 0.459 e. The van der Waals surface area contributed by atoms with Crippen LogP contribution >= 0.6 is 0 Å². The summed E-state index contributed by atoms with van der Waals surface area (Å²) in [6, 6.07) is -0.254. The maximum atomic E-state index is 11.7. The van der Waals surface area contributed by atoms with Gasteiger partial charge >= 0.3 is 5.97 Å². The molecule has 1 aliphatic rings. The summed E-state index contributed by atoms with van der Waals surface area (Å²) < 4.78 is 10.7. The van der Waals surface area contributed by atoms with Gasteiger partial charge in [-0.1, -0.05) is 0 Å². The first-order chi connectivity index (χ1) is 7.88. The molecule has 4 nitrogen and oxygen atoms in total. The lowest BCUT2D eigenvalue weighted by atomic mass is 10.0. The summed E-state index contributed by atoms with van der Waals surface area (Å²) in [6.45, 7) is 9.98.